The molecule has 0 aliphatic carbocycles. The molecule has 7 heteroatoms. The number of methoxy groups -OCH3 is 1. The summed E-state index contributed by atoms with van der Waals surface area (Å²) in [5.41, 5.74) is 1.09. The zero-order valence-electron chi connectivity index (χ0n) is 13.5. The molecule has 23 heavy (non-hydrogen) atoms. The molecule has 1 aromatic carbocycles. The van der Waals surface area contributed by atoms with Crippen LogP contribution in [0.4, 0.5) is 9.93 Å². The predicted molar refractivity (Wildman–Crippen MR) is 92.3 cm³/mol. The molecule has 2 N–H and O–H groups in total. The maximum absolute atomic E-state index is 11.7. The largest absolute Gasteiger partial charge is 0.497 e. The van der Waals surface area contributed by atoms with Gasteiger partial charge in [-0.2, -0.15) is 0 Å². The SMILES string of the molecule is CCCCCNC(=O)Nc1nnc(Cc2cccc(OC)c2)s1. The van der Waals surface area contributed by atoms with Gasteiger partial charge in [-0.3, -0.25) is 5.32 Å². The highest BCUT2D eigenvalue weighted by Crippen LogP contribution is 2.20. The minimum absolute atomic E-state index is 0.231. The van der Waals surface area contributed by atoms with Crippen LogP contribution in [-0.4, -0.2) is 29.9 Å². The highest BCUT2D eigenvalue weighted by atomic mass is 32.1. The summed E-state index contributed by atoms with van der Waals surface area (Å²) >= 11 is 1.38. The van der Waals surface area contributed by atoms with Crippen LogP contribution in [0, 0.1) is 0 Å². The molecular weight excluding hydrogens is 312 g/mol. The summed E-state index contributed by atoms with van der Waals surface area (Å²) in [7, 11) is 1.64. The normalized spacial score (nSPS) is 10.3. The number of anilines is 1. The van der Waals surface area contributed by atoms with Gasteiger partial charge in [0.15, 0.2) is 0 Å². The average molecular weight is 334 g/mol. The predicted octanol–water partition coefficient (Wildman–Crippen LogP) is 3.45. The van der Waals surface area contributed by atoms with Crippen molar-refractivity contribution in [3.63, 3.8) is 0 Å². The van der Waals surface area contributed by atoms with Crippen LogP contribution in [0.1, 0.15) is 36.8 Å². The van der Waals surface area contributed by atoms with E-state index in [1.54, 1.807) is 7.11 Å². The molecule has 0 radical (unpaired) electrons. The van der Waals surface area contributed by atoms with Crippen LogP contribution >= 0.6 is 11.3 Å². The fourth-order valence-electron chi connectivity index (χ4n) is 2.05. The molecule has 0 bridgehead atoms. The van der Waals surface area contributed by atoms with E-state index in [-0.39, 0.29) is 6.03 Å². The van der Waals surface area contributed by atoms with Gasteiger partial charge < -0.3 is 10.1 Å². The summed E-state index contributed by atoms with van der Waals surface area (Å²) in [5.74, 6) is 0.817. The summed E-state index contributed by atoms with van der Waals surface area (Å²) in [6.45, 7) is 2.81. The van der Waals surface area contributed by atoms with Crippen LogP contribution in [-0.2, 0) is 6.42 Å². The third-order valence-corrected chi connectivity index (χ3v) is 4.08. The maximum Gasteiger partial charge on any atom is 0.321 e. The number of nitrogens with one attached hydrogen (secondary N) is 2. The Balaban J connectivity index is 1.84. The third kappa shape index (κ3) is 5.86. The van der Waals surface area contributed by atoms with Crippen LogP contribution in [0.15, 0.2) is 24.3 Å². The van der Waals surface area contributed by atoms with E-state index in [0.29, 0.717) is 18.1 Å². The first kappa shape index (κ1) is 17.2. The van der Waals surface area contributed by atoms with Gasteiger partial charge in [-0.05, 0) is 24.1 Å². The van der Waals surface area contributed by atoms with E-state index >= 15 is 0 Å². The van der Waals surface area contributed by atoms with E-state index in [2.05, 4.69) is 27.8 Å². The van der Waals surface area contributed by atoms with Gasteiger partial charge in [-0.15, -0.1) is 10.2 Å². The van der Waals surface area contributed by atoms with Crippen molar-refractivity contribution >= 4 is 22.5 Å². The number of aromatic nitrogens is 2. The topological polar surface area (TPSA) is 76.1 Å². The van der Waals surface area contributed by atoms with Gasteiger partial charge in [0.25, 0.3) is 0 Å². The first-order chi connectivity index (χ1) is 11.2. The lowest BCUT2D eigenvalue weighted by atomic mass is 10.1. The Bertz CT molecular complexity index is 630. The van der Waals surface area contributed by atoms with Gasteiger partial charge in [0.2, 0.25) is 5.13 Å². The number of urea groups is 1. The molecule has 6 nitrogen and oxygen atoms in total. The second-order valence-corrected chi connectivity index (χ2v) is 6.18. The molecule has 0 saturated carbocycles. The van der Waals surface area contributed by atoms with Crippen LogP contribution < -0.4 is 15.4 Å². The van der Waals surface area contributed by atoms with E-state index in [9.17, 15) is 4.79 Å². The number of benzene rings is 1. The molecule has 124 valence electrons. The Hall–Kier alpha value is -2.15. The summed E-state index contributed by atoms with van der Waals surface area (Å²) in [6, 6.07) is 7.59. The third-order valence-electron chi connectivity index (χ3n) is 3.24. The number of amides is 2. The zero-order valence-corrected chi connectivity index (χ0v) is 14.3. The molecule has 0 spiro atoms. The van der Waals surface area contributed by atoms with Gasteiger partial charge in [0, 0.05) is 13.0 Å². The first-order valence-electron chi connectivity index (χ1n) is 7.71. The van der Waals surface area contributed by atoms with E-state index in [0.717, 1.165) is 35.6 Å². The number of unbranched alkanes of at least 4 members (excludes halogenated alkanes) is 2. The van der Waals surface area contributed by atoms with E-state index in [1.807, 2.05) is 24.3 Å². The fraction of sp³-hybridized carbons (Fsp3) is 0.438. The smallest absolute Gasteiger partial charge is 0.321 e. The van der Waals surface area contributed by atoms with Crippen molar-refractivity contribution in [2.75, 3.05) is 19.0 Å². The van der Waals surface area contributed by atoms with Crippen molar-refractivity contribution < 1.29 is 9.53 Å². The van der Waals surface area contributed by atoms with Crippen LogP contribution in [0.5, 0.6) is 5.75 Å². The van der Waals surface area contributed by atoms with E-state index < -0.39 is 0 Å². The van der Waals surface area contributed by atoms with Gasteiger partial charge >= 0.3 is 6.03 Å². The lowest BCUT2D eigenvalue weighted by molar-refractivity contribution is 0.252. The average Bonchev–Trinajstić information content (AvgIpc) is 2.98. The maximum atomic E-state index is 11.7. The van der Waals surface area contributed by atoms with Crippen LogP contribution in [0.25, 0.3) is 0 Å². The molecule has 0 unspecified atom stereocenters. The van der Waals surface area contributed by atoms with Crippen molar-refractivity contribution in [2.24, 2.45) is 0 Å². The number of carbonyl (C=O) groups is 1. The lowest BCUT2D eigenvalue weighted by Crippen LogP contribution is -2.29. The lowest BCUT2D eigenvalue weighted by Gasteiger charge is -2.04. The van der Waals surface area contributed by atoms with Gasteiger partial charge in [-0.1, -0.05) is 43.2 Å². The quantitative estimate of drug-likeness (QED) is 0.725. The number of hydrogen-bond donors (Lipinski definition) is 2. The first-order valence-corrected chi connectivity index (χ1v) is 8.53. The Labute approximate surface area is 140 Å². The number of carbonyl (C=O) groups excluding carboxylic acids is 1. The molecular formula is C16H22N4O2S. The monoisotopic (exact) mass is 334 g/mol. The van der Waals surface area contributed by atoms with E-state index in [1.165, 1.54) is 11.3 Å². The standard InChI is InChI=1S/C16H22N4O2S/c1-3-4-5-9-17-15(21)18-16-20-19-14(23-16)11-12-7-6-8-13(10-12)22-2/h6-8,10H,3-5,9,11H2,1-2H3,(H2,17,18,20,21). The molecule has 0 aliphatic heterocycles. The molecule has 0 aliphatic rings. The van der Waals surface area contributed by atoms with Crippen molar-refractivity contribution in [1.29, 1.82) is 0 Å². The molecule has 0 atom stereocenters. The van der Waals surface area contributed by atoms with Gasteiger partial charge in [-0.25, -0.2) is 4.79 Å². The fourth-order valence-corrected chi connectivity index (χ4v) is 2.82. The number of ether oxygens (including phenoxy) is 1. The Morgan fingerprint density at radius 2 is 2.17 bits per heavy atom. The number of rotatable bonds is 8. The highest BCUT2D eigenvalue weighted by molar-refractivity contribution is 7.15. The second kappa shape index (κ2) is 9.09. The van der Waals surface area contributed by atoms with Crippen LogP contribution in [0.2, 0.25) is 0 Å². The summed E-state index contributed by atoms with van der Waals surface area (Å²) < 4.78 is 5.21. The molecule has 0 fully saturated rings. The Morgan fingerprint density at radius 1 is 1.30 bits per heavy atom. The number of nitrogens with zero attached hydrogens (tertiary/aromatic N) is 2. The minimum atomic E-state index is -0.231. The van der Waals surface area contributed by atoms with Crippen molar-refractivity contribution in [3.8, 4) is 5.75 Å². The molecule has 1 aromatic heterocycles. The zero-order chi connectivity index (χ0) is 16.5. The summed E-state index contributed by atoms with van der Waals surface area (Å²) in [6.07, 6.45) is 3.90. The molecule has 0 saturated heterocycles. The van der Waals surface area contributed by atoms with Crippen molar-refractivity contribution in [2.45, 2.75) is 32.6 Å². The van der Waals surface area contributed by atoms with E-state index in [4.69, 9.17) is 4.74 Å². The minimum Gasteiger partial charge on any atom is -0.497 e. The van der Waals surface area contributed by atoms with Crippen molar-refractivity contribution in [1.82, 2.24) is 15.5 Å². The highest BCUT2D eigenvalue weighted by Gasteiger charge is 2.08. The van der Waals surface area contributed by atoms with Gasteiger partial charge in [0.05, 0.1) is 7.11 Å². The van der Waals surface area contributed by atoms with Crippen molar-refractivity contribution in [3.05, 3.63) is 34.8 Å². The molecule has 1 heterocycles. The molecule has 2 rings (SSSR count). The Morgan fingerprint density at radius 3 is 2.96 bits per heavy atom. The second-order valence-electron chi connectivity index (χ2n) is 5.12. The molecule has 2 aromatic rings. The van der Waals surface area contributed by atoms with Gasteiger partial charge in [0.1, 0.15) is 10.8 Å². The van der Waals surface area contributed by atoms with Crippen LogP contribution in [0.3, 0.4) is 0 Å². The Kier molecular flexibility index (Phi) is 6.80. The summed E-state index contributed by atoms with van der Waals surface area (Å²) in [5, 5.41) is 15.0. The summed E-state index contributed by atoms with van der Waals surface area (Å²) in [4.78, 5) is 11.7. The molecule has 2 amide bonds. The number of hydrogen-bond acceptors (Lipinski definition) is 5.